The van der Waals surface area contributed by atoms with Gasteiger partial charge in [0.15, 0.2) is 0 Å². The molecular weight excluding hydrogens is 328 g/mol. The van der Waals surface area contributed by atoms with E-state index in [1.165, 1.54) is 4.90 Å². The molecule has 2 rings (SSSR count). The van der Waals surface area contributed by atoms with Crippen molar-refractivity contribution in [2.45, 2.75) is 12.5 Å². The third-order valence-electron chi connectivity index (χ3n) is 3.81. The Morgan fingerprint density at radius 1 is 1.25 bits per heavy atom. The molecule has 0 aromatic heterocycles. The first kappa shape index (κ1) is 18.1. The highest BCUT2D eigenvalue weighted by Gasteiger charge is 2.18. The Kier molecular flexibility index (Phi) is 6.46. The van der Waals surface area contributed by atoms with Gasteiger partial charge in [0.05, 0.1) is 12.6 Å². The van der Waals surface area contributed by atoms with Crippen LogP contribution in [0.4, 0.5) is 10.5 Å². The van der Waals surface area contributed by atoms with E-state index in [4.69, 9.17) is 11.6 Å². The predicted octanol–water partition coefficient (Wildman–Crippen LogP) is 3.64. The van der Waals surface area contributed by atoms with Crippen molar-refractivity contribution in [2.75, 3.05) is 25.5 Å². The van der Waals surface area contributed by atoms with Crippen LogP contribution < -0.4 is 5.32 Å². The molecule has 0 bridgehead atoms. The first-order valence-electron chi connectivity index (χ1n) is 7.67. The number of rotatable bonds is 7. The van der Waals surface area contributed by atoms with Gasteiger partial charge < -0.3 is 20.4 Å². The summed E-state index contributed by atoms with van der Waals surface area (Å²) < 4.78 is 0. The van der Waals surface area contributed by atoms with Crippen molar-refractivity contribution < 1.29 is 15.0 Å². The number of carboxylic acid groups (broad SMARTS) is 1. The molecule has 128 valence electrons. The van der Waals surface area contributed by atoms with Crippen LogP contribution in [-0.2, 0) is 6.42 Å². The number of halogens is 1. The third kappa shape index (κ3) is 5.15. The Bertz CT molecular complexity index is 676. The van der Waals surface area contributed by atoms with Crippen LogP contribution in [0.25, 0.3) is 0 Å². The SMILES string of the molecule is CNc1ccc(CCN(C[C@H](O)c2cccc(Cl)c2)C(=O)O)cc1. The van der Waals surface area contributed by atoms with Crippen molar-refractivity contribution in [3.8, 4) is 0 Å². The quantitative estimate of drug-likeness (QED) is 0.714. The standard InChI is InChI=1S/C18H21ClN2O3/c1-20-16-7-5-13(6-8-16)9-10-21(18(23)24)12-17(22)14-3-2-4-15(19)11-14/h2-8,11,17,20,22H,9-10,12H2,1H3,(H,23,24)/t17-/m0/s1. The van der Waals surface area contributed by atoms with Crippen LogP contribution >= 0.6 is 11.6 Å². The van der Waals surface area contributed by atoms with Crippen LogP contribution in [0.1, 0.15) is 17.2 Å². The van der Waals surface area contributed by atoms with E-state index in [1.807, 2.05) is 31.3 Å². The maximum Gasteiger partial charge on any atom is 0.407 e. The van der Waals surface area contributed by atoms with Crippen molar-refractivity contribution in [2.24, 2.45) is 0 Å². The van der Waals surface area contributed by atoms with Crippen LogP contribution in [-0.4, -0.2) is 41.3 Å². The highest BCUT2D eigenvalue weighted by molar-refractivity contribution is 6.30. The number of hydrogen-bond acceptors (Lipinski definition) is 3. The fraction of sp³-hybridized carbons (Fsp3) is 0.278. The summed E-state index contributed by atoms with van der Waals surface area (Å²) in [5.41, 5.74) is 2.65. The number of anilines is 1. The molecule has 5 nitrogen and oxygen atoms in total. The van der Waals surface area contributed by atoms with Crippen molar-refractivity contribution >= 4 is 23.4 Å². The molecule has 0 aliphatic carbocycles. The summed E-state index contributed by atoms with van der Waals surface area (Å²) in [6, 6.07) is 14.6. The molecule has 0 heterocycles. The zero-order valence-electron chi connectivity index (χ0n) is 13.4. The topological polar surface area (TPSA) is 72.8 Å². The summed E-state index contributed by atoms with van der Waals surface area (Å²) in [6.45, 7) is 0.316. The highest BCUT2D eigenvalue weighted by atomic mass is 35.5. The molecule has 0 aliphatic rings. The Morgan fingerprint density at radius 2 is 1.96 bits per heavy atom. The minimum Gasteiger partial charge on any atom is -0.465 e. The molecule has 0 unspecified atom stereocenters. The van der Waals surface area contributed by atoms with Crippen molar-refractivity contribution in [1.82, 2.24) is 4.90 Å². The molecule has 0 aliphatic heterocycles. The van der Waals surface area contributed by atoms with Gasteiger partial charge in [0, 0.05) is 24.3 Å². The number of nitrogens with one attached hydrogen (secondary N) is 1. The molecule has 0 saturated carbocycles. The largest absolute Gasteiger partial charge is 0.465 e. The van der Waals surface area contributed by atoms with Gasteiger partial charge in [-0.15, -0.1) is 0 Å². The normalized spacial score (nSPS) is 11.8. The number of aliphatic hydroxyl groups is 1. The van der Waals surface area contributed by atoms with Gasteiger partial charge in [-0.05, 0) is 41.8 Å². The zero-order chi connectivity index (χ0) is 17.5. The monoisotopic (exact) mass is 348 g/mol. The van der Waals surface area contributed by atoms with E-state index in [9.17, 15) is 15.0 Å². The molecule has 1 amide bonds. The van der Waals surface area contributed by atoms with Gasteiger partial charge in [-0.2, -0.15) is 0 Å². The number of aliphatic hydroxyl groups excluding tert-OH is 1. The van der Waals surface area contributed by atoms with Crippen LogP contribution in [0.2, 0.25) is 5.02 Å². The van der Waals surface area contributed by atoms with E-state index in [-0.39, 0.29) is 6.54 Å². The molecule has 0 saturated heterocycles. The minimum absolute atomic E-state index is 0.00424. The Labute approximate surface area is 146 Å². The van der Waals surface area contributed by atoms with E-state index in [1.54, 1.807) is 24.3 Å². The first-order chi connectivity index (χ1) is 11.5. The Hall–Kier alpha value is -2.24. The molecule has 3 N–H and O–H groups in total. The average Bonchev–Trinajstić information content (AvgIpc) is 2.58. The van der Waals surface area contributed by atoms with Crippen molar-refractivity contribution in [1.29, 1.82) is 0 Å². The Balaban J connectivity index is 1.97. The molecule has 2 aromatic rings. The lowest BCUT2D eigenvalue weighted by molar-refractivity contribution is 0.0973. The molecule has 24 heavy (non-hydrogen) atoms. The number of nitrogens with zero attached hydrogens (tertiary/aromatic N) is 1. The van der Waals surface area contributed by atoms with Crippen LogP contribution in [0.5, 0.6) is 0 Å². The second-order valence-corrected chi connectivity index (χ2v) is 5.93. The van der Waals surface area contributed by atoms with Gasteiger partial charge in [0.25, 0.3) is 0 Å². The van der Waals surface area contributed by atoms with Gasteiger partial charge in [-0.3, -0.25) is 0 Å². The number of amides is 1. The predicted molar refractivity (Wildman–Crippen MR) is 95.7 cm³/mol. The number of hydrogen-bond donors (Lipinski definition) is 3. The van der Waals surface area contributed by atoms with Gasteiger partial charge in [-0.1, -0.05) is 35.9 Å². The molecule has 1 atom stereocenters. The van der Waals surface area contributed by atoms with Crippen molar-refractivity contribution in [3.63, 3.8) is 0 Å². The van der Waals surface area contributed by atoms with E-state index in [2.05, 4.69) is 5.32 Å². The lowest BCUT2D eigenvalue weighted by Gasteiger charge is -2.23. The maximum atomic E-state index is 11.4. The summed E-state index contributed by atoms with van der Waals surface area (Å²) in [4.78, 5) is 12.7. The minimum atomic E-state index is -1.05. The van der Waals surface area contributed by atoms with Gasteiger partial charge in [0.1, 0.15) is 0 Å². The summed E-state index contributed by atoms with van der Waals surface area (Å²) in [5.74, 6) is 0. The third-order valence-corrected chi connectivity index (χ3v) is 4.05. The van der Waals surface area contributed by atoms with Crippen LogP contribution in [0.15, 0.2) is 48.5 Å². The number of benzene rings is 2. The summed E-state index contributed by atoms with van der Waals surface area (Å²) >= 11 is 5.91. The molecule has 0 spiro atoms. The lowest BCUT2D eigenvalue weighted by atomic mass is 10.1. The highest BCUT2D eigenvalue weighted by Crippen LogP contribution is 2.19. The zero-order valence-corrected chi connectivity index (χ0v) is 14.2. The second kappa shape index (κ2) is 8.57. The molecule has 6 heteroatoms. The smallest absolute Gasteiger partial charge is 0.407 e. The van der Waals surface area contributed by atoms with Crippen molar-refractivity contribution in [3.05, 3.63) is 64.7 Å². The van der Waals surface area contributed by atoms with Gasteiger partial charge >= 0.3 is 6.09 Å². The summed E-state index contributed by atoms with van der Waals surface area (Å²) in [6.07, 6.45) is -1.38. The fourth-order valence-corrected chi connectivity index (χ4v) is 2.59. The molecule has 2 aromatic carbocycles. The van der Waals surface area contributed by atoms with Gasteiger partial charge in [0.2, 0.25) is 0 Å². The summed E-state index contributed by atoms with van der Waals surface area (Å²) in [7, 11) is 1.85. The molecule has 0 fully saturated rings. The first-order valence-corrected chi connectivity index (χ1v) is 8.05. The average molecular weight is 349 g/mol. The fourth-order valence-electron chi connectivity index (χ4n) is 2.40. The lowest BCUT2D eigenvalue weighted by Crippen LogP contribution is -2.35. The van der Waals surface area contributed by atoms with E-state index < -0.39 is 12.2 Å². The molecular formula is C18H21ClN2O3. The van der Waals surface area contributed by atoms with Gasteiger partial charge in [-0.25, -0.2) is 4.79 Å². The van der Waals surface area contributed by atoms with Crippen LogP contribution in [0, 0.1) is 0 Å². The maximum absolute atomic E-state index is 11.4. The second-order valence-electron chi connectivity index (χ2n) is 5.50. The van der Waals surface area contributed by atoms with Crippen LogP contribution in [0.3, 0.4) is 0 Å². The summed E-state index contributed by atoms with van der Waals surface area (Å²) in [5, 5.41) is 23.2. The molecule has 0 radical (unpaired) electrons. The van der Waals surface area contributed by atoms with E-state index in [0.29, 0.717) is 23.6 Å². The van der Waals surface area contributed by atoms with E-state index >= 15 is 0 Å². The number of carbonyl (C=O) groups is 1. The Morgan fingerprint density at radius 3 is 2.54 bits per heavy atom. The van der Waals surface area contributed by atoms with E-state index in [0.717, 1.165) is 11.3 Å².